The number of carbonyl (C=O) groups excluding carboxylic acids is 2. The van der Waals surface area contributed by atoms with Crippen LogP contribution in [0.25, 0.3) is 0 Å². The molecule has 2 amide bonds. The number of hydrogen-bond acceptors (Lipinski definition) is 4. The summed E-state index contributed by atoms with van der Waals surface area (Å²) < 4.78 is 0.656. The summed E-state index contributed by atoms with van der Waals surface area (Å²) in [5, 5.41) is 8.61. The van der Waals surface area contributed by atoms with E-state index in [-0.39, 0.29) is 23.8 Å². The second-order valence-electron chi connectivity index (χ2n) is 5.13. The molecule has 1 heterocycles. The number of carboxylic acids is 1. The highest BCUT2D eigenvalue weighted by molar-refractivity contribution is 9.10. The Morgan fingerprint density at radius 2 is 1.79 bits per heavy atom. The first-order valence-corrected chi connectivity index (χ1v) is 8.76. The average molecular weight is 406 g/mol. The molecule has 24 heavy (non-hydrogen) atoms. The van der Waals surface area contributed by atoms with Gasteiger partial charge >= 0.3 is 5.97 Å². The van der Waals surface area contributed by atoms with Crippen LogP contribution in [0.2, 0.25) is 0 Å². The molecule has 5 nitrogen and oxygen atoms in total. The Bertz CT molecular complexity index is 839. The van der Waals surface area contributed by atoms with E-state index in [4.69, 9.17) is 0 Å². The first-order chi connectivity index (χ1) is 11.5. The molecule has 2 aromatic rings. The van der Waals surface area contributed by atoms with Gasteiger partial charge in [0.1, 0.15) is 0 Å². The molecule has 2 aromatic carbocycles. The zero-order valence-corrected chi connectivity index (χ0v) is 14.7. The first-order valence-electron chi connectivity index (χ1n) is 7.09. The van der Waals surface area contributed by atoms with Gasteiger partial charge in [0.15, 0.2) is 0 Å². The van der Waals surface area contributed by atoms with Gasteiger partial charge in [-0.2, -0.15) is 0 Å². The Hall–Kier alpha value is -2.12. The van der Waals surface area contributed by atoms with Gasteiger partial charge in [0, 0.05) is 15.8 Å². The standard InChI is InChI=1S/C17H12BrNO4S/c18-11-6-2-3-7-12(11)19-15(20)9-14(16(19)21)24-13-8-4-1-5-10(13)17(22)23/h1-8,14H,9H2,(H,22,23)/t14-/m1/s1. The van der Waals surface area contributed by atoms with Gasteiger partial charge in [-0.25, -0.2) is 9.69 Å². The number of anilines is 1. The predicted octanol–water partition coefficient (Wildman–Crippen LogP) is 3.57. The van der Waals surface area contributed by atoms with Gasteiger partial charge in [0.25, 0.3) is 0 Å². The number of aromatic carboxylic acids is 1. The quantitative estimate of drug-likeness (QED) is 0.786. The highest BCUT2D eigenvalue weighted by atomic mass is 79.9. The van der Waals surface area contributed by atoms with E-state index < -0.39 is 11.2 Å². The maximum absolute atomic E-state index is 12.7. The van der Waals surface area contributed by atoms with Crippen LogP contribution in [0.15, 0.2) is 57.9 Å². The Balaban J connectivity index is 1.88. The van der Waals surface area contributed by atoms with Crippen LogP contribution in [0.1, 0.15) is 16.8 Å². The Labute approximate surface area is 150 Å². The van der Waals surface area contributed by atoms with E-state index in [1.807, 2.05) is 0 Å². The van der Waals surface area contributed by atoms with Gasteiger partial charge in [-0.1, -0.05) is 24.3 Å². The average Bonchev–Trinajstić information content (AvgIpc) is 2.82. The molecule has 1 saturated heterocycles. The van der Waals surface area contributed by atoms with Crippen LogP contribution in [0, 0.1) is 0 Å². The number of amides is 2. The second kappa shape index (κ2) is 6.78. The lowest BCUT2D eigenvalue weighted by Crippen LogP contribution is -2.31. The first kappa shape index (κ1) is 16.7. The molecule has 0 spiro atoms. The van der Waals surface area contributed by atoms with Gasteiger partial charge in [-0.15, -0.1) is 11.8 Å². The van der Waals surface area contributed by atoms with Crippen molar-refractivity contribution in [3.63, 3.8) is 0 Å². The van der Waals surface area contributed by atoms with E-state index in [1.165, 1.54) is 6.07 Å². The number of halogens is 1. The fourth-order valence-electron chi connectivity index (χ4n) is 2.48. The third kappa shape index (κ3) is 3.09. The number of rotatable bonds is 4. The van der Waals surface area contributed by atoms with Crippen molar-refractivity contribution in [3.05, 3.63) is 58.6 Å². The smallest absolute Gasteiger partial charge is 0.336 e. The maximum Gasteiger partial charge on any atom is 0.336 e. The van der Waals surface area contributed by atoms with Gasteiger partial charge in [-0.05, 0) is 40.2 Å². The number of para-hydroxylation sites is 1. The van der Waals surface area contributed by atoms with Gasteiger partial charge in [0.2, 0.25) is 11.8 Å². The largest absolute Gasteiger partial charge is 0.478 e. The van der Waals surface area contributed by atoms with Crippen molar-refractivity contribution in [1.29, 1.82) is 0 Å². The van der Waals surface area contributed by atoms with Crippen LogP contribution in [0.4, 0.5) is 5.69 Å². The van der Waals surface area contributed by atoms with Crippen molar-refractivity contribution in [2.75, 3.05) is 4.90 Å². The zero-order valence-electron chi connectivity index (χ0n) is 12.3. The van der Waals surface area contributed by atoms with Crippen LogP contribution in [-0.4, -0.2) is 28.1 Å². The van der Waals surface area contributed by atoms with Crippen LogP contribution in [0.3, 0.4) is 0 Å². The molecular weight excluding hydrogens is 394 g/mol. The Kier molecular flexibility index (Phi) is 4.73. The molecule has 0 saturated carbocycles. The third-order valence-corrected chi connectivity index (χ3v) is 5.52. The third-order valence-electron chi connectivity index (χ3n) is 3.59. The zero-order chi connectivity index (χ0) is 17.3. The van der Waals surface area contributed by atoms with E-state index >= 15 is 0 Å². The highest BCUT2D eigenvalue weighted by Gasteiger charge is 2.41. The van der Waals surface area contributed by atoms with Crippen LogP contribution in [0.5, 0.6) is 0 Å². The lowest BCUT2D eigenvalue weighted by Gasteiger charge is -2.16. The van der Waals surface area contributed by atoms with Gasteiger partial charge in [0.05, 0.1) is 16.5 Å². The molecule has 7 heteroatoms. The maximum atomic E-state index is 12.7. The molecule has 0 aromatic heterocycles. The molecular formula is C17H12BrNO4S. The van der Waals surface area contributed by atoms with Crippen molar-refractivity contribution >= 4 is 51.2 Å². The second-order valence-corrected chi connectivity index (χ2v) is 7.23. The van der Waals surface area contributed by atoms with Crippen LogP contribution < -0.4 is 4.90 Å². The highest BCUT2D eigenvalue weighted by Crippen LogP contribution is 2.37. The summed E-state index contributed by atoms with van der Waals surface area (Å²) in [6.45, 7) is 0. The summed E-state index contributed by atoms with van der Waals surface area (Å²) >= 11 is 4.46. The molecule has 122 valence electrons. The van der Waals surface area contributed by atoms with Crippen molar-refractivity contribution < 1.29 is 19.5 Å². The van der Waals surface area contributed by atoms with Crippen molar-refractivity contribution in [2.45, 2.75) is 16.6 Å². The normalized spacial score (nSPS) is 17.4. The molecule has 0 unspecified atom stereocenters. The minimum atomic E-state index is -1.06. The number of carbonyl (C=O) groups is 3. The SMILES string of the molecule is O=C(O)c1ccccc1S[C@@H]1CC(=O)N(c2ccccc2Br)C1=O. The van der Waals surface area contributed by atoms with E-state index in [0.717, 1.165) is 16.7 Å². The summed E-state index contributed by atoms with van der Waals surface area (Å²) in [6.07, 6.45) is 0.0405. The molecule has 0 bridgehead atoms. The van der Waals surface area contributed by atoms with Crippen LogP contribution in [-0.2, 0) is 9.59 Å². The predicted molar refractivity (Wildman–Crippen MR) is 94.3 cm³/mol. The molecule has 1 atom stereocenters. The van der Waals surface area contributed by atoms with Gasteiger partial charge < -0.3 is 5.11 Å². The van der Waals surface area contributed by atoms with E-state index in [1.54, 1.807) is 42.5 Å². The van der Waals surface area contributed by atoms with Crippen molar-refractivity contribution in [1.82, 2.24) is 0 Å². The molecule has 1 aliphatic heterocycles. The molecule has 3 rings (SSSR count). The molecule has 1 N–H and O–H groups in total. The molecule has 1 fully saturated rings. The number of carboxylic acid groups (broad SMARTS) is 1. The number of imide groups is 1. The fourth-order valence-corrected chi connectivity index (χ4v) is 4.12. The number of benzene rings is 2. The lowest BCUT2D eigenvalue weighted by atomic mass is 10.2. The van der Waals surface area contributed by atoms with Crippen molar-refractivity contribution in [2.24, 2.45) is 0 Å². The van der Waals surface area contributed by atoms with E-state index in [0.29, 0.717) is 15.1 Å². The minimum absolute atomic E-state index is 0.0405. The summed E-state index contributed by atoms with van der Waals surface area (Å²) in [5.74, 6) is -1.69. The summed E-state index contributed by atoms with van der Waals surface area (Å²) in [4.78, 5) is 37.9. The summed E-state index contributed by atoms with van der Waals surface area (Å²) in [7, 11) is 0. The van der Waals surface area contributed by atoms with Crippen LogP contribution >= 0.6 is 27.7 Å². The monoisotopic (exact) mass is 405 g/mol. The fraction of sp³-hybridized carbons (Fsp3) is 0.118. The van der Waals surface area contributed by atoms with Crippen molar-refractivity contribution in [3.8, 4) is 0 Å². The number of hydrogen-bond donors (Lipinski definition) is 1. The lowest BCUT2D eigenvalue weighted by molar-refractivity contribution is -0.121. The summed E-state index contributed by atoms with van der Waals surface area (Å²) in [5.41, 5.74) is 0.629. The number of thioether (sulfide) groups is 1. The Morgan fingerprint density at radius 3 is 2.50 bits per heavy atom. The molecule has 1 aliphatic rings. The summed E-state index contributed by atoms with van der Waals surface area (Å²) in [6, 6.07) is 13.5. The van der Waals surface area contributed by atoms with Gasteiger partial charge in [-0.3, -0.25) is 9.59 Å². The number of nitrogens with zero attached hydrogens (tertiary/aromatic N) is 1. The van der Waals surface area contributed by atoms with E-state index in [9.17, 15) is 19.5 Å². The molecule has 0 aliphatic carbocycles. The molecule has 0 radical (unpaired) electrons. The minimum Gasteiger partial charge on any atom is -0.478 e. The van der Waals surface area contributed by atoms with E-state index in [2.05, 4.69) is 15.9 Å². The topological polar surface area (TPSA) is 74.7 Å². The Morgan fingerprint density at radius 1 is 1.12 bits per heavy atom.